The van der Waals surface area contributed by atoms with Gasteiger partial charge < -0.3 is 0 Å². The van der Waals surface area contributed by atoms with Crippen molar-refractivity contribution in [2.75, 3.05) is 0 Å². The number of fused-ring (bicyclic) bond motifs is 1. The molecule has 2 aromatic heterocycles. The highest BCUT2D eigenvalue weighted by molar-refractivity contribution is 9.10. The fourth-order valence-electron chi connectivity index (χ4n) is 1.26. The van der Waals surface area contributed by atoms with E-state index in [2.05, 4.69) is 20.9 Å². The molecule has 0 N–H and O–H groups in total. The molecular formula is C9H5BrCl2N2O. The van der Waals surface area contributed by atoms with Crippen LogP contribution in [0.2, 0.25) is 5.15 Å². The summed E-state index contributed by atoms with van der Waals surface area (Å²) in [4.78, 5) is 16.1. The summed E-state index contributed by atoms with van der Waals surface area (Å²) in [6.07, 6.45) is 0. The van der Waals surface area contributed by atoms with E-state index in [1.54, 1.807) is 18.2 Å². The molecule has 0 saturated carbocycles. The highest BCUT2D eigenvalue weighted by atomic mass is 79.9. The van der Waals surface area contributed by atoms with Crippen molar-refractivity contribution < 1.29 is 0 Å². The predicted octanol–water partition coefficient (Wildman–Crippen LogP) is 2.85. The summed E-state index contributed by atoms with van der Waals surface area (Å²) in [5.74, 6) is 0.179. The minimum Gasteiger partial charge on any atom is -0.268 e. The Morgan fingerprint density at radius 1 is 1.47 bits per heavy atom. The van der Waals surface area contributed by atoms with E-state index in [1.807, 2.05) is 0 Å². The standard InChI is InChI=1S/C9H5BrCl2N2O/c10-8-5(4-11)13-7-3-1-2-6(12)14(7)9(8)15/h1-3H,4H2. The summed E-state index contributed by atoms with van der Waals surface area (Å²) in [5.41, 5.74) is 0.761. The van der Waals surface area contributed by atoms with E-state index in [0.29, 0.717) is 21.0 Å². The van der Waals surface area contributed by atoms with E-state index in [4.69, 9.17) is 23.2 Å². The average Bonchev–Trinajstić information content (AvgIpc) is 2.23. The number of rotatable bonds is 1. The second-order valence-electron chi connectivity index (χ2n) is 2.85. The van der Waals surface area contributed by atoms with Crippen LogP contribution >= 0.6 is 39.1 Å². The molecule has 0 amide bonds. The number of halogens is 3. The van der Waals surface area contributed by atoms with Crippen molar-refractivity contribution in [3.05, 3.63) is 43.9 Å². The molecular weight excluding hydrogens is 303 g/mol. The van der Waals surface area contributed by atoms with Gasteiger partial charge in [0.05, 0.1) is 11.6 Å². The predicted molar refractivity (Wildman–Crippen MR) is 63.7 cm³/mol. The van der Waals surface area contributed by atoms with Gasteiger partial charge in [-0.05, 0) is 28.1 Å². The number of alkyl halides is 1. The van der Waals surface area contributed by atoms with E-state index < -0.39 is 0 Å². The SMILES string of the molecule is O=c1c(Br)c(CCl)nc2cccc(Cl)n12. The van der Waals surface area contributed by atoms with E-state index >= 15 is 0 Å². The number of hydrogen-bond acceptors (Lipinski definition) is 2. The van der Waals surface area contributed by atoms with Crippen LogP contribution in [-0.2, 0) is 5.88 Å². The van der Waals surface area contributed by atoms with Gasteiger partial charge in [0, 0.05) is 0 Å². The van der Waals surface area contributed by atoms with Gasteiger partial charge >= 0.3 is 0 Å². The summed E-state index contributed by atoms with van der Waals surface area (Å²) in [7, 11) is 0. The van der Waals surface area contributed by atoms with Gasteiger partial charge in [0.15, 0.2) is 0 Å². The molecule has 15 heavy (non-hydrogen) atoms. The van der Waals surface area contributed by atoms with Crippen molar-refractivity contribution in [1.29, 1.82) is 0 Å². The molecule has 0 saturated heterocycles. The number of pyridine rings is 1. The average molecular weight is 308 g/mol. The molecule has 0 atom stereocenters. The van der Waals surface area contributed by atoms with Crippen LogP contribution in [0.25, 0.3) is 5.65 Å². The van der Waals surface area contributed by atoms with E-state index in [-0.39, 0.29) is 11.4 Å². The van der Waals surface area contributed by atoms with Crippen LogP contribution in [0.1, 0.15) is 5.69 Å². The minimum absolute atomic E-state index is 0.179. The molecule has 0 aromatic carbocycles. The van der Waals surface area contributed by atoms with Crippen LogP contribution in [0, 0.1) is 0 Å². The minimum atomic E-state index is -0.249. The maximum atomic E-state index is 11.9. The lowest BCUT2D eigenvalue weighted by atomic mass is 10.4. The first kappa shape index (κ1) is 10.9. The topological polar surface area (TPSA) is 34.4 Å². The molecule has 0 spiro atoms. The number of nitrogens with zero attached hydrogens (tertiary/aromatic N) is 2. The highest BCUT2D eigenvalue weighted by Gasteiger charge is 2.10. The lowest BCUT2D eigenvalue weighted by molar-refractivity contribution is 0.993. The second kappa shape index (κ2) is 4.12. The molecule has 2 heterocycles. The highest BCUT2D eigenvalue weighted by Crippen LogP contribution is 2.16. The first-order valence-electron chi connectivity index (χ1n) is 4.06. The van der Waals surface area contributed by atoms with Crippen LogP contribution in [0.15, 0.2) is 27.5 Å². The molecule has 6 heteroatoms. The van der Waals surface area contributed by atoms with Gasteiger partial charge in [0.2, 0.25) is 0 Å². The van der Waals surface area contributed by atoms with Gasteiger partial charge in [-0.1, -0.05) is 17.7 Å². The molecule has 0 aliphatic rings. The Kier molecular flexibility index (Phi) is 3.00. The maximum Gasteiger partial charge on any atom is 0.273 e. The Morgan fingerprint density at radius 3 is 2.87 bits per heavy atom. The molecule has 0 radical (unpaired) electrons. The third kappa shape index (κ3) is 1.77. The third-order valence-corrected chi connectivity index (χ3v) is 3.29. The summed E-state index contributed by atoms with van der Waals surface area (Å²) in [6.45, 7) is 0. The Balaban J connectivity index is 2.98. The number of aromatic nitrogens is 2. The Labute approximate surface area is 104 Å². The molecule has 3 nitrogen and oxygen atoms in total. The lowest BCUT2D eigenvalue weighted by Crippen LogP contribution is -2.18. The van der Waals surface area contributed by atoms with Gasteiger partial charge in [0.25, 0.3) is 5.56 Å². The van der Waals surface area contributed by atoms with Crippen LogP contribution in [-0.4, -0.2) is 9.38 Å². The van der Waals surface area contributed by atoms with Gasteiger partial charge in [-0.25, -0.2) is 9.38 Å². The fourth-order valence-corrected chi connectivity index (χ4v) is 2.25. The van der Waals surface area contributed by atoms with Crippen molar-refractivity contribution in [2.45, 2.75) is 5.88 Å². The second-order valence-corrected chi connectivity index (χ2v) is 4.30. The molecule has 0 unspecified atom stereocenters. The molecule has 0 fully saturated rings. The third-order valence-electron chi connectivity index (χ3n) is 1.94. The molecule has 0 aliphatic carbocycles. The van der Waals surface area contributed by atoms with Crippen molar-refractivity contribution in [3.63, 3.8) is 0 Å². The Morgan fingerprint density at radius 2 is 2.20 bits per heavy atom. The zero-order valence-electron chi connectivity index (χ0n) is 7.38. The molecule has 78 valence electrons. The van der Waals surface area contributed by atoms with Crippen LogP contribution in [0.4, 0.5) is 0 Å². The first-order valence-corrected chi connectivity index (χ1v) is 5.77. The van der Waals surface area contributed by atoms with Crippen molar-refractivity contribution in [2.24, 2.45) is 0 Å². The summed E-state index contributed by atoms with van der Waals surface area (Å²) >= 11 is 14.7. The van der Waals surface area contributed by atoms with Gasteiger partial charge in [-0.15, -0.1) is 11.6 Å². The van der Waals surface area contributed by atoms with E-state index in [1.165, 1.54) is 4.40 Å². The van der Waals surface area contributed by atoms with Crippen molar-refractivity contribution in [1.82, 2.24) is 9.38 Å². The summed E-state index contributed by atoms with van der Waals surface area (Å²) in [6, 6.07) is 5.07. The quantitative estimate of drug-likeness (QED) is 0.600. The van der Waals surface area contributed by atoms with E-state index in [0.717, 1.165) is 0 Å². The van der Waals surface area contributed by atoms with Gasteiger partial charge in [-0.3, -0.25) is 4.79 Å². The zero-order valence-corrected chi connectivity index (χ0v) is 10.5. The van der Waals surface area contributed by atoms with Crippen molar-refractivity contribution in [3.8, 4) is 0 Å². The first-order chi connectivity index (χ1) is 7.15. The largest absolute Gasteiger partial charge is 0.273 e. The summed E-state index contributed by atoms with van der Waals surface area (Å²) < 4.78 is 1.67. The molecule has 2 rings (SSSR count). The molecule has 2 aromatic rings. The lowest BCUT2D eigenvalue weighted by Gasteiger charge is -2.05. The van der Waals surface area contributed by atoms with Crippen molar-refractivity contribution >= 4 is 44.8 Å². The summed E-state index contributed by atoms with van der Waals surface area (Å²) in [5, 5.41) is 0.326. The van der Waals surface area contributed by atoms with Gasteiger partial charge in [-0.2, -0.15) is 0 Å². The maximum absolute atomic E-state index is 11.9. The Hall–Kier alpha value is -0.580. The van der Waals surface area contributed by atoms with E-state index in [9.17, 15) is 4.79 Å². The fraction of sp³-hybridized carbons (Fsp3) is 0.111. The number of hydrogen-bond donors (Lipinski definition) is 0. The van der Waals surface area contributed by atoms with Crippen LogP contribution < -0.4 is 5.56 Å². The van der Waals surface area contributed by atoms with Crippen LogP contribution in [0.5, 0.6) is 0 Å². The smallest absolute Gasteiger partial charge is 0.268 e. The Bertz CT molecular complexity index is 582. The molecule has 0 aliphatic heterocycles. The monoisotopic (exact) mass is 306 g/mol. The zero-order chi connectivity index (χ0) is 11.0. The van der Waals surface area contributed by atoms with Crippen LogP contribution in [0.3, 0.4) is 0 Å². The normalized spacial score (nSPS) is 10.9. The van der Waals surface area contributed by atoms with Gasteiger partial charge in [0.1, 0.15) is 15.3 Å². The molecule has 0 bridgehead atoms.